The molecule has 4 rings (SSSR count). The van der Waals surface area contributed by atoms with Gasteiger partial charge in [0.05, 0.1) is 30.6 Å². The highest BCUT2D eigenvalue weighted by atomic mass is 16.5. The van der Waals surface area contributed by atoms with Gasteiger partial charge in [-0.3, -0.25) is 14.4 Å². The van der Waals surface area contributed by atoms with Crippen LogP contribution in [-0.4, -0.2) is 87.5 Å². The third-order valence-electron chi connectivity index (χ3n) is 5.01. The number of rotatable bonds is 2. The minimum absolute atomic E-state index is 0.00626. The van der Waals surface area contributed by atoms with Crippen LogP contribution in [0.4, 0.5) is 0 Å². The maximum atomic E-state index is 12.8. The zero-order valence-electron chi connectivity index (χ0n) is 15.4. The van der Waals surface area contributed by atoms with Gasteiger partial charge >= 0.3 is 0 Å². The second kappa shape index (κ2) is 9.27. The van der Waals surface area contributed by atoms with Crippen molar-refractivity contribution in [3.8, 4) is 0 Å². The van der Waals surface area contributed by atoms with Crippen molar-refractivity contribution in [1.82, 2.24) is 24.8 Å². The standard InChI is InChI=1S/C17H21N5O3.CH2O2/c23-16(22-7-9-25-10-8-22)12-2-5-21(6-3-12)17(24)13-1-4-18-15-14(13)19-11-20-15;2-1-3/h1,4,11-12H,2-3,5-10H2,(H,18,19,20);1H,(H,2,3). The van der Waals surface area contributed by atoms with Crippen molar-refractivity contribution in [3.05, 3.63) is 24.2 Å². The number of aromatic nitrogens is 3. The van der Waals surface area contributed by atoms with Crippen molar-refractivity contribution in [2.24, 2.45) is 5.92 Å². The van der Waals surface area contributed by atoms with Crippen LogP contribution >= 0.6 is 0 Å². The summed E-state index contributed by atoms with van der Waals surface area (Å²) in [7, 11) is 0. The highest BCUT2D eigenvalue weighted by Gasteiger charge is 2.31. The molecule has 4 heterocycles. The number of aromatic amines is 1. The Labute approximate surface area is 161 Å². The molecule has 0 spiro atoms. The molecule has 0 bridgehead atoms. The van der Waals surface area contributed by atoms with Gasteiger partial charge in [-0.15, -0.1) is 0 Å². The molecule has 2 amide bonds. The van der Waals surface area contributed by atoms with Gasteiger partial charge < -0.3 is 24.6 Å². The third-order valence-corrected chi connectivity index (χ3v) is 5.01. The normalized spacial score (nSPS) is 17.7. The number of carboxylic acid groups (broad SMARTS) is 1. The lowest BCUT2D eigenvalue weighted by Gasteiger charge is -2.35. The number of carbonyl (C=O) groups excluding carboxylic acids is 2. The number of H-pyrrole nitrogens is 1. The monoisotopic (exact) mass is 389 g/mol. The number of hydrogen-bond acceptors (Lipinski definition) is 6. The number of imidazole rings is 1. The molecule has 0 unspecified atom stereocenters. The molecule has 2 aromatic rings. The fraction of sp³-hybridized carbons (Fsp3) is 0.500. The lowest BCUT2D eigenvalue weighted by Crippen LogP contribution is -2.47. The van der Waals surface area contributed by atoms with Crippen LogP contribution in [0.5, 0.6) is 0 Å². The first-order valence-electron chi connectivity index (χ1n) is 9.17. The molecule has 0 atom stereocenters. The third kappa shape index (κ3) is 4.28. The molecular weight excluding hydrogens is 366 g/mol. The molecule has 2 aliphatic heterocycles. The van der Waals surface area contributed by atoms with Crippen molar-refractivity contribution >= 4 is 29.5 Å². The van der Waals surface area contributed by atoms with E-state index in [4.69, 9.17) is 14.6 Å². The molecule has 10 nitrogen and oxygen atoms in total. The first-order valence-corrected chi connectivity index (χ1v) is 9.17. The molecule has 2 N–H and O–H groups in total. The van der Waals surface area contributed by atoms with Crippen molar-refractivity contribution in [3.63, 3.8) is 0 Å². The van der Waals surface area contributed by atoms with E-state index in [-0.39, 0.29) is 24.2 Å². The smallest absolute Gasteiger partial charge is 0.290 e. The summed E-state index contributed by atoms with van der Waals surface area (Å²) in [6.45, 7) is 3.52. The Morgan fingerprint density at radius 1 is 1.14 bits per heavy atom. The predicted octanol–water partition coefficient (Wildman–Crippen LogP) is 0.370. The zero-order valence-corrected chi connectivity index (χ0v) is 15.4. The van der Waals surface area contributed by atoms with E-state index >= 15 is 0 Å². The number of likely N-dealkylation sites (tertiary alicyclic amines) is 1. The number of piperidine rings is 1. The SMILES string of the molecule is O=C(c1ccnc2nc[nH]c12)N1CCC(C(=O)N2CCOCC2)CC1.O=CO. The van der Waals surface area contributed by atoms with E-state index in [1.165, 1.54) is 0 Å². The molecule has 0 aliphatic carbocycles. The van der Waals surface area contributed by atoms with Crippen molar-refractivity contribution in [2.45, 2.75) is 12.8 Å². The fourth-order valence-electron chi connectivity index (χ4n) is 3.57. The molecule has 2 fully saturated rings. The van der Waals surface area contributed by atoms with E-state index in [9.17, 15) is 9.59 Å². The van der Waals surface area contributed by atoms with E-state index in [1.807, 2.05) is 9.80 Å². The number of nitrogens with zero attached hydrogens (tertiary/aromatic N) is 4. The molecule has 28 heavy (non-hydrogen) atoms. The van der Waals surface area contributed by atoms with E-state index in [0.29, 0.717) is 69.0 Å². The molecule has 10 heteroatoms. The lowest BCUT2D eigenvalue weighted by molar-refractivity contribution is -0.141. The van der Waals surface area contributed by atoms with Gasteiger partial charge in [0.15, 0.2) is 5.65 Å². The number of fused-ring (bicyclic) bond motifs is 1. The number of hydrogen-bond donors (Lipinski definition) is 2. The van der Waals surface area contributed by atoms with Gasteiger partial charge in [0.1, 0.15) is 0 Å². The number of pyridine rings is 1. The number of morpholine rings is 1. The highest BCUT2D eigenvalue weighted by Crippen LogP contribution is 2.23. The van der Waals surface area contributed by atoms with E-state index in [1.54, 1.807) is 18.6 Å². The molecule has 2 saturated heterocycles. The summed E-state index contributed by atoms with van der Waals surface area (Å²) >= 11 is 0. The topological polar surface area (TPSA) is 129 Å². The summed E-state index contributed by atoms with van der Waals surface area (Å²) in [4.78, 5) is 48.7. The van der Waals surface area contributed by atoms with Gasteiger partial charge in [-0.1, -0.05) is 0 Å². The van der Waals surface area contributed by atoms with Gasteiger partial charge in [0.2, 0.25) is 5.91 Å². The van der Waals surface area contributed by atoms with E-state index in [2.05, 4.69) is 15.0 Å². The minimum atomic E-state index is -0.250. The average Bonchev–Trinajstić information content (AvgIpc) is 3.23. The Morgan fingerprint density at radius 3 is 2.50 bits per heavy atom. The Kier molecular flexibility index (Phi) is 6.53. The van der Waals surface area contributed by atoms with Crippen LogP contribution in [-0.2, 0) is 14.3 Å². The molecule has 0 aromatic carbocycles. The fourth-order valence-corrected chi connectivity index (χ4v) is 3.57. The van der Waals surface area contributed by atoms with Crippen LogP contribution in [0.1, 0.15) is 23.2 Å². The molecule has 2 aliphatic rings. The molecule has 150 valence electrons. The van der Waals surface area contributed by atoms with E-state index in [0.717, 1.165) is 0 Å². The maximum absolute atomic E-state index is 12.8. The predicted molar refractivity (Wildman–Crippen MR) is 98.6 cm³/mol. The van der Waals surface area contributed by atoms with Crippen LogP contribution in [0, 0.1) is 5.92 Å². The zero-order chi connectivity index (χ0) is 19.9. The summed E-state index contributed by atoms with van der Waals surface area (Å²) in [5, 5.41) is 6.89. The molecule has 2 aromatic heterocycles. The highest BCUT2D eigenvalue weighted by molar-refractivity contribution is 6.04. The molecular formula is C18H23N5O5. The Hall–Kier alpha value is -3.01. The summed E-state index contributed by atoms with van der Waals surface area (Å²) in [6.07, 6.45) is 4.56. The van der Waals surface area contributed by atoms with Crippen LogP contribution < -0.4 is 0 Å². The Morgan fingerprint density at radius 2 is 1.82 bits per heavy atom. The summed E-state index contributed by atoms with van der Waals surface area (Å²) in [5.41, 5.74) is 1.79. The summed E-state index contributed by atoms with van der Waals surface area (Å²) in [6, 6.07) is 1.72. The number of amides is 2. The molecule has 0 radical (unpaired) electrons. The Bertz CT molecular complexity index is 825. The average molecular weight is 389 g/mol. The van der Waals surface area contributed by atoms with Crippen LogP contribution in [0.15, 0.2) is 18.6 Å². The van der Waals surface area contributed by atoms with Crippen LogP contribution in [0.25, 0.3) is 11.2 Å². The Balaban J connectivity index is 0.000000706. The van der Waals surface area contributed by atoms with E-state index < -0.39 is 0 Å². The van der Waals surface area contributed by atoms with Crippen molar-refractivity contribution in [2.75, 3.05) is 39.4 Å². The maximum Gasteiger partial charge on any atom is 0.290 e. The van der Waals surface area contributed by atoms with Gasteiger partial charge in [-0.05, 0) is 18.9 Å². The first-order chi connectivity index (χ1) is 13.7. The minimum Gasteiger partial charge on any atom is -0.483 e. The lowest BCUT2D eigenvalue weighted by atomic mass is 9.94. The summed E-state index contributed by atoms with van der Waals surface area (Å²) in [5.74, 6) is 0.177. The number of nitrogens with one attached hydrogen (secondary N) is 1. The van der Waals surface area contributed by atoms with Crippen LogP contribution in [0.2, 0.25) is 0 Å². The van der Waals surface area contributed by atoms with Crippen LogP contribution in [0.3, 0.4) is 0 Å². The second-order valence-corrected chi connectivity index (χ2v) is 6.57. The molecule has 0 saturated carbocycles. The quantitative estimate of drug-likeness (QED) is 0.710. The largest absolute Gasteiger partial charge is 0.483 e. The first kappa shape index (κ1) is 19.7. The number of carbonyl (C=O) groups is 3. The van der Waals surface area contributed by atoms with Crippen molar-refractivity contribution < 1.29 is 24.2 Å². The van der Waals surface area contributed by atoms with Gasteiger partial charge in [0.25, 0.3) is 12.4 Å². The summed E-state index contributed by atoms with van der Waals surface area (Å²) < 4.78 is 5.30. The van der Waals surface area contributed by atoms with Crippen molar-refractivity contribution in [1.29, 1.82) is 0 Å². The second-order valence-electron chi connectivity index (χ2n) is 6.57. The number of ether oxygens (including phenoxy) is 1. The van der Waals surface area contributed by atoms with Gasteiger partial charge in [0, 0.05) is 38.3 Å². The van der Waals surface area contributed by atoms with Gasteiger partial charge in [-0.2, -0.15) is 0 Å². The van der Waals surface area contributed by atoms with Gasteiger partial charge in [-0.25, -0.2) is 9.97 Å².